The molecule has 0 amide bonds. The molecule has 1 aliphatic heterocycles. The molecule has 16 heavy (non-hydrogen) atoms. The van der Waals surface area contributed by atoms with E-state index in [2.05, 4.69) is 20.9 Å². The van der Waals surface area contributed by atoms with Crippen LogP contribution in [0.4, 0.5) is 4.39 Å². The van der Waals surface area contributed by atoms with E-state index in [1.165, 1.54) is 11.9 Å². The smallest absolute Gasteiger partial charge is 0.142 e. The van der Waals surface area contributed by atoms with Crippen LogP contribution in [0.3, 0.4) is 0 Å². The van der Waals surface area contributed by atoms with E-state index in [1.807, 2.05) is 7.05 Å². The average Bonchev–Trinajstić information content (AvgIpc) is 2.86. The Labute approximate surface area is 93.3 Å². The second kappa shape index (κ2) is 3.56. The average molecular weight is 219 g/mol. The monoisotopic (exact) mass is 219 g/mol. The second-order valence-corrected chi connectivity index (χ2v) is 4.38. The van der Waals surface area contributed by atoms with Crippen molar-refractivity contribution in [2.75, 3.05) is 13.1 Å². The number of aromatic nitrogens is 2. The minimum absolute atomic E-state index is 0.269. The van der Waals surface area contributed by atoms with Gasteiger partial charge in [-0.05, 0) is 25.1 Å². The van der Waals surface area contributed by atoms with Gasteiger partial charge >= 0.3 is 0 Å². The van der Waals surface area contributed by atoms with Gasteiger partial charge in [-0.25, -0.2) is 9.37 Å². The zero-order chi connectivity index (χ0) is 11.1. The van der Waals surface area contributed by atoms with E-state index in [-0.39, 0.29) is 5.82 Å². The SMILES string of the molecule is Cn1c(C2CCNC2)cc2cc(F)cnc21. The summed E-state index contributed by atoms with van der Waals surface area (Å²) in [6.45, 7) is 2.07. The minimum atomic E-state index is -0.269. The lowest BCUT2D eigenvalue weighted by Gasteiger charge is -2.09. The van der Waals surface area contributed by atoms with Crippen molar-refractivity contribution in [2.24, 2.45) is 7.05 Å². The van der Waals surface area contributed by atoms with Crippen molar-refractivity contribution in [3.63, 3.8) is 0 Å². The molecule has 0 spiro atoms. The zero-order valence-corrected chi connectivity index (χ0v) is 9.20. The summed E-state index contributed by atoms with van der Waals surface area (Å²) in [5.74, 6) is 0.261. The molecular formula is C12H14FN3. The highest BCUT2D eigenvalue weighted by Crippen LogP contribution is 2.27. The van der Waals surface area contributed by atoms with E-state index in [0.29, 0.717) is 5.92 Å². The van der Waals surface area contributed by atoms with Crippen molar-refractivity contribution in [1.29, 1.82) is 0 Å². The Morgan fingerprint density at radius 3 is 3.12 bits per heavy atom. The molecule has 0 aliphatic carbocycles. The molecule has 3 rings (SSSR count). The maximum Gasteiger partial charge on any atom is 0.142 e. The van der Waals surface area contributed by atoms with Crippen LogP contribution in [0.5, 0.6) is 0 Å². The molecule has 1 unspecified atom stereocenters. The van der Waals surface area contributed by atoms with Crippen LogP contribution < -0.4 is 5.32 Å². The number of hydrogen-bond donors (Lipinski definition) is 1. The van der Waals surface area contributed by atoms with Gasteiger partial charge in [-0.1, -0.05) is 0 Å². The molecule has 0 bridgehead atoms. The first kappa shape index (κ1) is 9.78. The van der Waals surface area contributed by atoms with Crippen molar-refractivity contribution < 1.29 is 4.39 Å². The molecule has 0 saturated carbocycles. The molecule has 1 saturated heterocycles. The molecule has 84 valence electrons. The molecule has 2 aromatic heterocycles. The Balaban J connectivity index is 2.14. The quantitative estimate of drug-likeness (QED) is 0.792. The number of halogens is 1. The Bertz CT molecular complexity index is 526. The highest BCUT2D eigenvalue weighted by molar-refractivity contribution is 5.77. The Hall–Kier alpha value is -1.42. The van der Waals surface area contributed by atoms with E-state index in [1.54, 1.807) is 6.07 Å². The van der Waals surface area contributed by atoms with E-state index in [9.17, 15) is 4.39 Å². The number of nitrogens with zero attached hydrogens (tertiary/aromatic N) is 2. The van der Waals surface area contributed by atoms with Gasteiger partial charge in [0.05, 0.1) is 6.20 Å². The maximum absolute atomic E-state index is 13.1. The fraction of sp³-hybridized carbons (Fsp3) is 0.417. The molecule has 1 aliphatic rings. The van der Waals surface area contributed by atoms with Gasteiger partial charge in [0.2, 0.25) is 0 Å². The first-order valence-electron chi connectivity index (χ1n) is 5.57. The van der Waals surface area contributed by atoms with Gasteiger partial charge in [-0.3, -0.25) is 0 Å². The van der Waals surface area contributed by atoms with Crippen LogP contribution in [0.1, 0.15) is 18.0 Å². The van der Waals surface area contributed by atoms with Gasteiger partial charge in [-0.15, -0.1) is 0 Å². The van der Waals surface area contributed by atoms with Crippen LogP contribution in [0.2, 0.25) is 0 Å². The van der Waals surface area contributed by atoms with Gasteiger partial charge in [-0.2, -0.15) is 0 Å². The van der Waals surface area contributed by atoms with Gasteiger partial charge in [0.1, 0.15) is 11.5 Å². The van der Waals surface area contributed by atoms with Crippen LogP contribution in [-0.4, -0.2) is 22.6 Å². The van der Waals surface area contributed by atoms with Crippen molar-refractivity contribution in [1.82, 2.24) is 14.9 Å². The van der Waals surface area contributed by atoms with Crippen molar-refractivity contribution >= 4 is 11.0 Å². The predicted molar refractivity (Wildman–Crippen MR) is 60.9 cm³/mol. The Morgan fingerprint density at radius 2 is 2.38 bits per heavy atom. The fourth-order valence-corrected chi connectivity index (χ4v) is 2.51. The van der Waals surface area contributed by atoms with Crippen LogP contribution in [0.25, 0.3) is 11.0 Å². The lowest BCUT2D eigenvalue weighted by molar-refractivity contribution is 0.623. The van der Waals surface area contributed by atoms with Crippen LogP contribution >= 0.6 is 0 Å². The standard InChI is InChI=1S/C12H14FN3/c1-16-11(8-2-3-14-6-8)5-9-4-10(13)7-15-12(9)16/h4-5,7-8,14H,2-3,6H2,1H3. The Kier molecular flexibility index (Phi) is 2.17. The number of pyridine rings is 1. The van der Waals surface area contributed by atoms with Crippen molar-refractivity contribution in [3.8, 4) is 0 Å². The summed E-state index contributed by atoms with van der Waals surface area (Å²) < 4.78 is 15.1. The molecule has 1 atom stereocenters. The summed E-state index contributed by atoms with van der Waals surface area (Å²) in [5, 5.41) is 4.24. The highest BCUT2D eigenvalue weighted by Gasteiger charge is 2.20. The number of nitrogens with one attached hydrogen (secondary N) is 1. The lowest BCUT2D eigenvalue weighted by atomic mass is 10.1. The lowest BCUT2D eigenvalue weighted by Crippen LogP contribution is -2.10. The number of hydrogen-bond acceptors (Lipinski definition) is 2. The summed E-state index contributed by atoms with van der Waals surface area (Å²) in [4.78, 5) is 4.14. The first-order chi connectivity index (χ1) is 7.75. The molecule has 1 N–H and O–H groups in total. The third-order valence-corrected chi connectivity index (χ3v) is 3.35. The predicted octanol–water partition coefficient (Wildman–Crippen LogP) is 1.79. The van der Waals surface area contributed by atoms with E-state index in [0.717, 1.165) is 30.5 Å². The van der Waals surface area contributed by atoms with Gasteiger partial charge in [0, 0.05) is 30.6 Å². The molecule has 2 aromatic rings. The second-order valence-electron chi connectivity index (χ2n) is 4.38. The summed E-state index contributed by atoms with van der Waals surface area (Å²) >= 11 is 0. The topological polar surface area (TPSA) is 29.9 Å². The molecule has 1 fully saturated rings. The molecule has 3 heterocycles. The highest BCUT2D eigenvalue weighted by atomic mass is 19.1. The number of rotatable bonds is 1. The zero-order valence-electron chi connectivity index (χ0n) is 9.20. The van der Waals surface area contributed by atoms with Gasteiger partial charge in [0.25, 0.3) is 0 Å². The van der Waals surface area contributed by atoms with Crippen molar-refractivity contribution in [2.45, 2.75) is 12.3 Å². The molecule has 0 radical (unpaired) electrons. The van der Waals surface area contributed by atoms with Crippen LogP contribution in [0, 0.1) is 5.82 Å². The maximum atomic E-state index is 13.1. The van der Waals surface area contributed by atoms with Gasteiger partial charge in [0.15, 0.2) is 0 Å². The van der Waals surface area contributed by atoms with E-state index >= 15 is 0 Å². The molecule has 4 heteroatoms. The molecule has 0 aromatic carbocycles. The molecular weight excluding hydrogens is 205 g/mol. The number of aryl methyl sites for hydroxylation is 1. The molecule has 3 nitrogen and oxygen atoms in total. The fourth-order valence-electron chi connectivity index (χ4n) is 2.51. The number of fused-ring (bicyclic) bond motifs is 1. The van der Waals surface area contributed by atoms with E-state index < -0.39 is 0 Å². The van der Waals surface area contributed by atoms with Crippen molar-refractivity contribution in [3.05, 3.63) is 29.8 Å². The summed E-state index contributed by atoms with van der Waals surface area (Å²) in [5.41, 5.74) is 2.11. The van der Waals surface area contributed by atoms with Crippen LogP contribution in [0.15, 0.2) is 18.3 Å². The van der Waals surface area contributed by atoms with Crippen LogP contribution in [-0.2, 0) is 7.05 Å². The van der Waals surface area contributed by atoms with E-state index in [4.69, 9.17) is 0 Å². The normalized spacial score (nSPS) is 20.8. The summed E-state index contributed by atoms with van der Waals surface area (Å²) in [6.07, 6.45) is 2.42. The van der Waals surface area contributed by atoms with Gasteiger partial charge < -0.3 is 9.88 Å². The summed E-state index contributed by atoms with van der Waals surface area (Å²) in [7, 11) is 2.00. The first-order valence-corrected chi connectivity index (χ1v) is 5.57. The Morgan fingerprint density at radius 1 is 1.50 bits per heavy atom. The third-order valence-electron chi connectivity index (χ3n) is 3.35. The third kappa shape index (κ3) is 1.41. The minimum Gasteiger partial charge on any atom is -0.332 e. The largest absolute Gasteiger partial charge is 0.332 e. The summed E-state index contributed by atoms with van der Waals surface area (Å²) in [6, 6.07) is 3.61.